The molecule has 5 heteroatoms. The van der Waals surface area contributed by atoms with E-state index in [2.05, 4.69) is 26.1 Å². The van der Waals surface area contributed by atoms with Crippen LogP contribution in [0.25, 0.3) is 0 Å². The van der Waals surface area contributed by atoms with Crippen molar-refractivity contribution in [3.05, 3.63) is 0 Å². The standard InChI is InChI=1S/C14H30N2O2S/c1-6-14(2,3)13(15-4)10-12-8-7-9-16(11-12)19(5,17)18/h12-13,15H,6-11H2,1-5H3. The van der Waals surface area contributed by atoms with Crippen molar-refractivity contribution in [3.8, 4) is 0 Å². The third-order valence-corrected chi connectivity index (χ3v) is 5.99. The third kappa shape index (κ3) is 4.72. The highest BCUT2D eigenvalue weighted by Crippen LogP contribution is 2.32. The van der Waals surface area contributed by atoms with E-state index in [0.717, 1.165) is 25.7 Å². The fourth-order valence-electron chi connectivity index (χ4n) is 2.93. The van der Waals surface area contributed by atoms with Crippen LogP contribution >= 0.6 is 0 Å². The second-order valence-electron chi connectivity index (χ2n) is 6.55. The van der Waals surface area contributed by atoms with Gasteiger partial charge in [-0.15, -0.1) is 0 Å². The first-order chi connectivity index (χ1) is 8.70. The molecular formula is C14H30N2O2S. The minimum Gasteiger partial charge on any atom is -0.316 e. The summed E-state index contributed by atoms with van der Waals surface area (Å²) in [6, 6.07) is 0.446. The molecule has 1 saturated heterocycles. The number of rotatable bonds is 6. The van der Waals surface area contributed by atoms with Crippen molar-refractivity contribution in [2.45, 2.75) is 52.5 Å². The maximum absolute atomic E-state index is 11.7. The quantitative estimate of drug-likeness (QED) is 0.815. The molecule has 2 atom stereocenters. The summed E-state index contributed by atoms with van der Waals surface area (Å²) < 4.78 is 24.9. The largest absolute Gasteiger partial charge is 0.316 e. The van der Waals surface area contributed by atoms with Crippen LogP contribution in [0, 0.1) is 11.3 Å². The molecule has 0 aromatic heterocycles. The van der Waals surface area contributed by atoms with E-state index in [1.54, 1.807) is 4.31 Å². The monoisotopic (exact) mass is 290 g/mol. The molecule has 0 spiro atoms. The molecular weight excluding hydrogens is 260 g/mol. The first kappa shape index (κ1) is 16.9. The minimum absolute atomic E-state index is 0.252. The van der Waals surface area contributed by atoms with Crippen LogP contribution in [0.5, 0.6) is 0 Å². The topological polar surface area (TPSA) is 49.4 Å². The molecule has 0 aromatic rings. The van der Waals surface area contributed by atoms with E-state index in [1.807, 2.05) is 7.05 Å². The highest BCUT2D eigenvalue weighted by atomic mass is 32.2. The number of nitrogens with one attached hydrogen (secondary N) is 1. The van der Waals surface area contributed by atoms with E-state index in [9.17, 15) is 8.42 Å². The van der Waals surface area contributed by atoms with Gasteiger partial charge in [0.05, 0.1) is 6.26 Å². The Hall–Kier alpha value is -0.130. The van der Waals surface area contributed by atoms with E-state index < -0.39 is 10.0 Å². The van der Waals surface area contributed by atoms with Gasteiger partial charge in [-0.1, -0.05) is 20.8 Å². The second-order valence-corrected chi connectivity index (χ2v) is 8.53. The molecule has 1 N–H and O–H groups in total. The highest BCUT2D eigenvalue weighted by molar-refractivity contribution is 7.88. The van der Waals surface area contributed by atoms with E-state index in [-0.39, 0.29) is 5.41 Å². The molecule has 2 unspecified atom stereocenters. The maximum atomic E-state index is 11.7. The summed E-state index contributed by atoms with van der Waals surface area (Å²) in [7, 11) is -1.02. The molecule has 1 heterocycles. The van der Waals surface area contributed by atoms with Gasteiger partial charge in [0.25, 0.3) is 0 Å². The van der Waals surface area contributed by atoms with Crippen LogP contribution in [-0.4, -0.2) is 45.2 Å². The number of hydrogen-bond donors (Lipinski definition) is 1. The predicted octanol–water partition coefficient (Wildman–Crippen LogP) is 2.07. The van der Waals surface area contributed by atoms with E-state index >= 15 is 0 Å². The molecule has 1 rings (SSSR count). The number of sulfonamides is 1. The molecule has 114 valence electrons. The summed E-state index contributed by atoms with van der Waals surface area (Å²) in [6.07, 6.45) is 5.63. The number of hydrogen-bond acceptors (Lipinski definition) is 3. The van der Waals surface area contributed by atoms with Crippen molar-refractivity contribution < 1.29 is 8.42 Å². The van der Waals surface area contributed by atoms with Crippen molar-refractivity contribution >= 4 is 10.0 Å². The summed E-state index contributed by atoms with van der Waals surface area (Å²) in [6.45, 7) is 8.16. The van der Waals surface area contributed by atoms with Crippen molar-refractivity contribution in [1.82, 2.24) is 9.62 Å². The number of nitrogens with zero attached hydrogens (tertiary/aromatic N) is 1. The zero-order valence-corrected chi connectivity index (χ0v) is 13.9. The van der Waals surface area contributed by atoms with Crippen LogP contribution in [0.4, 0.5) is 0 Å². The lowest BCUT2D eigenvalue weighted by Gasteiger charge is -2.38. The Bertz CT molecular complexity index is 379. The predicted molar refractivity (Wildman–Crippen MR) is 80.7 cm³/mol. The Morgan fingerprint density at radius 3 is 2.53 bits per heavy atom. The zero-order chi connectivity index (χ0) is 14.7. The average molecular weight is 290 g/mol. The van der Waals surface area contributed by atoms with E-state index in [0.29, 0.717) is 25.0 Å². The van der Waals surface area contributed by atoms with Crippen LogP contribution < -0.4 is 5.32 Å². The Balaban J connectivity index is 2.66. The van der Waals surface area contributed by atoms with Gasteiger partial charge in [0.1, 0.15) is 0 Å². The normalized spacial score (nSPS) is 24.4. The van der Waals surface area contributed by atoms with E-state index in [4.69, 9.17) is 0 Å². The summed E-state index contributed by atoms with van der Waals surface area (Å²) in [5.41, 5.74) is 0.252. The lowest BCUT2D eigenvalue weighted by molar-refractivity contribution is 0.172. The SMILES string of the molecule is CCC(C)(C)C(CC1CCCN(S(C)(=O)=O)C1)NC. The van der Waals surface area contributed by atoms with E-state index in [1.165, 1.54) is 6.26 Å². The fourth-order valence-corrected chi connectivity index (χ4v) is 3.87. The molecule has 0 aromatic carbocycles. The fraction of sp³-hybridized carbons (Fsp3) is 1.00. The Kier molecular flexibility index (Phi) is 5.83. The van der Waals surface area contributed by atoms with Crippen molar-refractivity contribution in [2.24, 2.45) is 11.3 Å². The molecule has 1 aliphatic rings. The summed E-state index contributed by atoms with van der Waals surface area (Å²) in [5, 5.41) is 3.43. The second kappa shape index (κ2) is 6.55. The van der Waals surface area contributed by atoms with Gasteiger partial charge in [0.2, 0.25) is 10.0 Å². The van der Waals surface area contributed by atoms with Crippen LogP contribution in [0.15, 0.2) is 0 Å². The van der Waals surface area contributed by atoms with Gasteiger partial charge in [0, 0.05) is 19.1 Å². The lowest BCUT2D eigenvalue weighted by Crippen LogP contribution is -2.45. The molecule has 0 radical (unpaired) electrons. The van der Waals surface area contributed by atoms with Gasteiger partial charge >= 0.3 is 0 Å². The first-order valence-electron chi connectivity index (χ1n) is 7.33. The number of piperidine rings is 1. The van der Waals surface area contributed by atoms with Gasteiger partial charge in [-0.05, 0) is 44.1 Å². The Morgan fingerprint density at radius 2 is 2.05 bits per heavy atom. The minimum atomic E-state index is -3.03. The molecule has 0 amide bonds. The van der Waals surface area contributed by atoms with Gasteiger partial charge < -0.3 is 5.32 Å². The maximum Gasteiger partial charge on any atom is 0.211 e. The van der Waals surface area contributed by atoms with Crippen molar-refractivity contribution in [2.75, 3.05) is 26.4 Å². The Morgan fingerprint density at radius 1 is 1.42 bits per heavy atom. The molecule has 0 saturated carbocycles. The van der Waals surface area contributed by atoms with Crippen LogP contribution in [0.3, 0.4) is 0 Å². The highest BCUT2D eigenvalue weighted by Gasteiger charge is 2.32. The van der Waals surface area contributed by atoms with Gasteiger partial charge in [-0.2, -0.15) is 0 Å². The van der Waals surface area contributed by atoms with Gasteiger partial charge in [-0.3, -0.25) is 0 Å². The summed E-state index contributed by atoms with van der Waals surface area (Å²) >= 11 is 0. The first-order valence-corrected chi connectivity index (χ1v) is 9.18. The molecule has 0 bridgehead atoms. The van der Waals surface area contributed by atoms with Gasteiger partial charge in [0.15, 0.2) is 0 Å². The lowest BCUT2D eigenvalue weighted by atomic mass is 9.76. The molecule has 1 fully saturated rings. The van der Waals surface area contributed by atoms with Gasteiger partial charge in [-0.25, -0.2) is 12.7 Å². The van der Waals surface area contributed by atoms with Crippen LogP contribution in [-0.2, 0) is 10.0 Å². The molecule has 19 heavy (non-hydrogen) atoms. The average Bonchev–Trinajstić information content (AvgIpc) is 2.35. The van der Waals surface area contributed by atoms with Crippen molar-refractivity contribution in [1.29, 1.82) is 0 Å². The molecule has 1 aliphatic heterocycles. The van der Waals surface area contributed by atoms with Crippen LogP contribution in [0.2, 0.25) is 0 Å². The van der Waals surface area contributed by atoms with Crippen molar-refractivity contribution in [3.63, 3.8) is 0 Å². The summed E-state index contributed by atoms with van der Waals surface area (Å²) in [5.74, 6) is 0.478. The third-order valence-electron chi connectivity index (χ3n) is 4.72. The molecule has 0 aliphatic carbocycles. The zero-order valence-electron chi connectivity index (χ0n) is 13.1. The summed E-state index contributed by atoms with van der Waals surface area (Å²) in [4.78, 5) is 0. The molecule has 4 nitrogen and oxygen atoms in total. The Labute approximate surface area is 119 Å². The smallest absolute Gasteiger partial charge is 0.211 e. The van der Waals surface area contributed by atoms with Crippen LogP contribution in [0.1, 0.15) is 46.5 Å².